The molecule has 1 N–H and O–H groups in total. The van der Waals surface area contributed by atoms with Crippen LogP contribution in [-0.4, -0.2) is 28.8 Å². The summed E-state index contributed by atoms with van der Waals surface area (Å²) in [5.74, 6) is 0.660. The van der Waals surface area contributed by atoms with E-state index >= 15 is 0 Å². The Morgan fingerprint density at radius 1 is 1.37 bits per heavy atom. The number of carbonyl (C=O) groups is 1. The van der Waals surface area contributed by atoms with E-state index in [4.69, 9.17) is 4.74 Å². The van der Waals surface area contributed by atoms with Crippen molar-refractivity contribution in [2.24, 2.45) is 7.05 Å². The van der Waals surface area contributed by atoms with E-state index in [1.807, 2.05) is 37.3 Å². The van der Waals surface area contributed by atoms with Crippen molar-refractivity contribution in [2.45, 2.75) is 6.92 Å². The molecule has 19 heavy (non-hydrogen) atoms. The summed E-state index contributed by atoms with van der Waals surface area (Å²) in [5, 5.41) is 6.93. The Morgan fingerprint density at radius 3 is 2.74 bits per heavy atom. The average molecular weight is 259 g/mol. The fourth-order valence-corrected chi connectivity index (χ4v) is 1.76. The second-order valence-electron chi connectivity index (χ2n) is 4.21. The molecule has 2 rings (SSSR count). The highest BCUT2D eigenvalue weighted by molar-refractivity contribution is 5.92. The molecule has 1 aromatic carbocycles. The number of carbonyl (C=O) groups excluding carboxylic acids is 1. The molecule has 1 aromatic heterocycles. The van der Waals surface area contributed by atoms with Gasteiger partial charge in [-0.05, 0) is 25.1 Å². The number of hydrogen-bond donors (Lipinski definition) is 1. The van der Waals surface area contributed by atoms with Crippen molar-refractivity contribution < 1.29 is 9.53 Å². The Morgan fingerprint density at radius 2 is 2.11 bits per heavy atom. The summed E-state index contributed by atoms with van der Waals surface area (Å²) in [6, 6.07) is 11.3. The van der Waals surface area contributed by atoms with E-state index in [9.17, 15) is 4.79 Å². The minimum atomic E-state index is -0.139. The number of nitrogens with zero attached hydrogens (tertiary/aromatic N) is 2. The molecule has 0 atom stereocenters. The molecule has 0 radical (unpaired) electrons. The molecule has 0 aliphatic rings. The van der Waals surface area contributed by atoms with E-state index in [0.717, 1.165) is 11.4 Å². The first-order valence-electron chi connectivity index (χ1n) is 6.13. The van der Waals surface area contributed by atoms with Gasteiger partial charge in [0.15, 0.2) is 0 Å². The number of aryl methyl sites for hydroxylation is 2. The zero-order valence-electron chi connectivity index (χ0n) is 11.1. The Kier molecular flexibility index (Phi) is 4.18. The van der Waals surface area contributed by atoms with Gasteiger partial charge in [0.2, 0.25) is 0 Å². The number of amides is 1. The van der Waals surface area contributed by atoms with Gasteiger partial charge in [-0.25, -0.2) is 0 Å². The predicted molar refractivity (Wildman–Crippen MR) is 72.2 cm³/mol. The van der Waals surface area contributed by atoms with Gasteiger partial charge >= 0.3 is 0 Å². The predicted octanol–water partition coefficient (Wildman–Crippen LogP) is 1.54. The summed E-state index contributed by atoms with van der Waals surface area (Å²) < 4.78 is 7.06. The summed E-state index contributed by atoms with van der Waals surface area (Å²) in [4.78, 5) is 11.9. The maximum Gasteiger partial charge on any atom is 0.269 e. The van der Waals surface area contributed by atoms with Crippen molar-refractivity contribution in [2.75, 3.05) is 13.2 Å². The van der Waals surface area contributed by atoms with Crippen molar-refractivity contribution in [3.63, 3.8) is 0 Å². The van der Waals surface area contributed by atoms with E-state index in [-0.39, 0.29) is 5.91 Å². The monoisotopic (exact) mass is 259 g/mol. The lowest BCUT2D eigenvalue weighted by Crippen LogP contribution is -2.29. The van der Waals surface area contributed by atoms with Crippen LogP contribution in [0.15, 0.2) is 36.4 Å². The lowest BCUT2D eigenvalue weighted by Gasteiger charge is -2.07. The molecule has 1 amide bonds. The van der Waals surface area contributed by atoms with Crippen LogP contribution in [0.1, 0.15) is 16.2 Å². The maximum absolute atomic E-state index is 11.9. The van der Waals surface area contributed by atoms with Crippen molar-refractivity contribution in [1.82, 2.24) is 15.1 Å². The highest BCUT2D eigenvalue weighted by Crippen LogP contribution is 2.07. The van der Waals surface area contributed by atoms with Crippen LogP contribution in [0.3, 0.4) is 0 Å². The zero-order chi connectivity index (χ0) is 13.7. The lowest BCUT2D eigenvalue weighted by atomic mass is 10.3. The molecule has 0 aliphatic heterocycles. The summed E-state index contributed by atoms with van der Waals surface area (Å²) >= 11 is 0. The van der Waals surface area contributed by atoms with Gasteiger partial charge in [0.1, 0.15) is 18.1 Å². The topological polar surface area (TPSA) is 56.1 Å². The molecular weight excluding hydrogens is 242 g/mol. The third-order valence-electron chi connectivity index (χ3n) is 2.63. The summed E-state index contributed by atoms with van der Waals surface area (Å²) in [6.07, 6.45) is 0. The molecule has 0 fully saturated rings. The zero-order valence-corrected chi connectivity index (χ0v) is 11.1. The molecule has 2 aromatic rings. The normalized spacial score (nSPS) is 10.2. The molecule has 100 valence electrons. The van der Waals surface area contributed by atoms with Crippen molar-refractivity contribution in [3.8, 4) is 5.75 Å². The van der Waals surface area contributed by atoms with Gasteiger partial charge in [-0.1, -0.05) is 18.2 Å². The van der Waals surface area contributed by atoms with Crippen LogP contribution in [-0.2, 0) is 7.05 Å². The van der Waals surface area contributed by atoms with E-state index in [1.54, 1.807) is 17.8 Å². The Labute approximate surface area is 112 Å². The molecule has 1 heterocycles. The third kappa shape index (κ3) is 3.58. The van der Waals surface area contributed by atoms with E-state index in [2.05, 4.69) is 10.4 Å². The first-order valence-corrected chi connectivity index (χ1v) is 6.13. The molecule has 0 unspecified atom stereocenters. The summed E-state index contributed by atoms with van der Waals surface area (Å²) in [6.45, 7) is 2.75. The Hall–Kier alpha value is -2.30. The highest BCUT2D eigenvalue weighted by Gasteiger charge is 2.10. The first-order chi connectivity index (χ1) is 9.16. The van der Waals surface area contributed by atoms with Crippen molar-refractivity contribution in [3.05, 3.63) is 47.8 Å². The smallest absolute Gasteiger partial charge is 0.269 e. The van der Waals surface area contributed by atoms with Crippen LogP contribution < -0.4 is 10.1 Å². The van der Waals surface area contributed by atoms with Gasteiger partial charge in [-0.3, -0.25) is 9.48 Å². The third-order valence-corrected chi connectivity index (χ3v) is 2.63. The van der Waals surface area contributed by atoms with Crippen molar-refractivity contribution >= 4 is 5.91 Å². The fraction of sp³-hybridized carbons (Fsp3) is 0.286. The van der Waals surface area contributed by atoms with Gasteiger partial charge in [-0.2, -0.15) is 5.10 Å². The Balaban J connectivity index is 1.77. The minimum Gasteiger partial charge on any atom is -0.492 e. The SMILES string of the molecule is Cc1cc(C(=O)NCCOc2ccccc2)n(C)n1. The second kappa shape index (κ2) is 6.04. The van der Waals surface area contributed by atoms with Crippen LogP contribution in [0, 0.1) is 6.92 Å². The molecule has 0 saturated carbocycles. The summed E-state index contributed by atoms with van der Waals surface area (Å²) in [7, 11) is 1.75. The quantitative estimate of drug-likeness (QED) is 0.829. The van der Waals surface area contributed by atoms with E-state index in [1.165, 1.54) is 0 Å². The van der Waals surface area contributed by atoms with Crippen LogP contribution in [0.2, 0.25) is 0 Å². The first kappa shape index (κ1) is 13.1. The fourth-order valence-electron chi connectivity index (χ4n) is 1.76. The van der Waals surface area contributed by atoms with Gasteiger partial charge in [0.05, 0.1) is 12.2 Å². The molecular formula is C14H17N3O2. The van der Waals surface area contributed by atoms with Gasteiger partial charge in [0, 0.05) is 7.05 Å². The summed E-state index contributed by atoms with van der Waals surface area (Å²) in [5.41, 5.74) is 1.38. The second-order valence-corrected chi connectivity index (χ2v) is 4.21. The number of rotatable bonds is 5. The number of para-hydroxylation sites is 1. The molecule has 0 aliphatic carbocycles. The van der Waals surface area contributed by atoms with Crippen LogP contribution in [0.4, 0.5) is 0 Å². The van der Waals surface area contributed by atoms with Gasteiger partial charge in [0.25, 0.3) is 5.91 Å². The number of aromatic nitrogens is 2. The van der Waals surface area contributed by atoms with Gasteiger partial charge < -0.3 is 10.1 Å². The number of ether oxygens (including phenoxy) is 1. The van der Waals surface area contributed by atoms with E-state index in [0.29, 0.717) is 18.8 Å². The number of benzene rings is 1. The van der Waals surface area contributed by atoms with E-state index < -0.39 is 0 Å². The lowest BCUT2D eigenvalue weighted by molar-refractivity contribution is 0.0937. The molecule has 5 nitrogen and oxygen atoms in total. The minimum absolute atomic E-state index is 0.139. The van der Waals surface area contributed by atoms with Crippen LogP contribution >= 0.6 is 0 Å². The van der Waals surface area contributed by atoms with Crippen LogP contribution in [0.25, 0.3) is 0 Å². The molecule has 0 spiro atoms. The number of hydrogen-bond acceptors (Lipinski definition) is 3. The standard InChI is InChI=1S/C14H17N3O2/c1-11-10-13(17(2)16-11)14(18)15-8-9-19-12-6-4-3-5-7-12/h3-7,10H,8-9H2,1-2H3,(H,15,18). The van der Waals surface area contributed by atoms with Gasteiger partial charge in [-0.15, -0.1) is 0 Å². The molecule has 0 bridgehead atoms. The highest BCUT2D eigenvalue weighted by atomic mass is 16.5. The Bertz CT molecular complexity index is 549. The maximum atomic E-state index is 11.9. The largest absolute Gasteiger partial charge is 0.492 e. The molecule has 0 saturated heterocycles. The van der Waals surface area contributed by atoms with Crippen LogP contribution in [0.5, 0.6) is 5.75 Å². The van der Waals surface area contributed by atoms with Crippen molar-refractivity contribution in [1.29, 1.82) is 0 Å². The average Bonchev–Trinajstić information content (AvgIpc) is 2.75. The molecule has 5 heteroatoms. The number of nitrogens with one attached hydrogen (secondary N) is 1.